The molecule has 1 aliphatic heterocycles. The number of aryl methyl sites for hydroxylation is 1. The number of anilines is 2. The number of furan rings is 1. The third-order valence-corrected chi connectivity index (χ3v) is 5.78. The maximum Gasteiger partial charge on any atom is 0.246 e. The smallest absolute Gasteiger partial charge is 0.246 e. The van der Waals surface area contributed by atoms with Crippen molar-refractivity contribution in [3.8, 4) is 0 Å². The van der Waals surface area contributed by atoms with E-state index in [1.54, 1.807) is 0 Å². The predicted octanol–water partition coefficient (Wildman–Crippen LogP) is 4.82. The molecule has 1 aromatic heterocycles. The van der Waals surface area contributed by atoms with Gasteiger partial charge in [-0.2, -0.15) is 0 Å². The zero-order valence-corrected chi connectivity index (χ0v) is 20.8. The summed E-state index contributed by atoms with van der Waals surface area (Å²) in [5, 5.41) is 14.1. The standard InChI is InChI=1S/C26H31N5O2S/c1-15(2)11-22(31-26(34)30-21-9-10-23-19(13-21)12-17(4)33-23)25(32)29-20-7-5-18(6-8-20)24-27-14-16(3)28-24/h5-10,12-13,15-16,22H,11,14H2,1-4H3,(H,27,28)(H,29,32)(H2,30,31,34). The van der Waals surface area contributed by atoms with E-state index < -0.39 is 6.04 Å². The second-order valence-corrected chi connectivity index (χ2v) is 9.60. The van der Waals surface area contributed by atoms with Gasteiger partial charge in [0.2, 0.25) is 5.91 Å². The number of fused-ring (bicyclic) bond motifs is 1. The highest BCUT2D eigenvalue weighted by atomic mass is 32.1. The lowest BCUT2D eigenvalue weighted by Gasteiger charge is -2.22. The monoisotopic (exact) mass is 477 g/mol. The van der Waals surface area contributed by atoms with Gasteiger partial charge in [0.05, 0.1) is 6.54 Å². The van der Waals surface area contributed by atoms with Gasteiger partial charge in [0, 0.05) is 28.4 Å². The highest BCUT2D eigenvalue weighted by Crippen LogP contribution is 2.22. The molecule has 2 atom stereocenters. The fourth-order valence-corrected chi connectivity index (χ4v) is 4.21. The number of aliphatic imine (C=N–C) groups is 1. The van der Waals surface area contributed by atoms with Crippen molar-refractivity contribution in [3.63, 3.8) is 0 Å². The van der Waals surface area contributed by atoms with Crippen LogP contribution in [0.15, 0.2) is 57.9 Å². The number of benzene rings is 2. The molecular formula is C26H31N5O2S. The first-order valence-corrected chi connectivity index (χ1v) is 12.0. The molecule has 4 rings (SSSR count). The fraction of sp³-hybridized carbons (Fsp3) is 0.346. The number of amides is 1. The molecule has 0 bridgehead atoms. The summed E-state index contributed by atoms with van der Waals surface area (Å²) in [4.78, 5) is 17.6. The molecule has 2 unspecified atom stereocenters. The van der Waals surface area contributed by atoms with Crippen molar-refractivity contribution in [2.24, 2.45) is 10.9 Å². The maximum absolute atomic E-state index is 13.1. The van der Waals surface area contributed by atoms with E-state index in [2.05, 4.69) is 47.0 Å². The van der Waals surface area contributed by atoms with Gasteiger partial charge in [-0.25, -0.2) is 0 Å². The molecule has 1 aliphatic rings. The first kappa shape index (κ1) is 23.8. The summed E-state index contributed by atoms with van der Waals surface area (Å²) >= 11 is 5.52. The normalized spacial score (nSPS) is 16.1. The van der Waals surface area contributed by atoms with Crippen LogP contribution in [0.3, 0.4) is 0 Å². The van der Waals surface area contributed by atoms with Gasteiger partial charge in [0.1, 0.15) is 23.2 Å². The Hall–Kier alpha value is -3.39. The average Bonchev–Trinajstić information content (AvgIpc) is 3.37. The molecule has 0 saturated carbocycles. The van der Waals surface area contributed by atoms with Crippen molar-refractivity contribution in [1.82, 2.24) is 10.6 Å². The molecule has 0 saturated heterocycles. The molecule has 4 N–H and O–H groups in total. The number of rotatable bonds is 7. The summed E-state index contributed by atoms with van der Waals surface area (Å²) in [6, 6.07) is 15.4. The number of carbonyl (C=O) groups excluding carboxylic acids is 1. The Kier molecular flexibility index (Phi) is 7.17. The molecule has 0 spiro atoms. The second kappa shape index (κ2) is 10.3. The first-order valence-electron chi connectivity index (χ1n) is 11.6. The van der Waals surface area contributed by atoms with Gasteiger partial charge in [-0.15, -0.1) is 0 Å². The summed E-state index contributed by atoms with van der Waals surface area (Å²) in [6.45, 7) is 8.96. The zero-order chi connectivity index (χ0) is 24.2. The molecule has 34 heavy (non-hydrogen) atoms. The van der Waals surface area contributed by atoms with E-state index in [1.165, 1.54) is 0 Å². The van der Waals surface area contributed by atoms with Gasteiger partial charge >= 0.3 is 0 Å². The summed E-state index contributed by atoms with van der Waals surface area (Å²) in [7, 11) is 0. The van der Waals surface area contributed by atoms with Crippen molar-refractivity contribution < 1.29 is 9.21 Å². The number of thiocarbonyl (C=S) groups is 1. The van der Waals surface area contributed by atoms with E-state index in [4.69, 9.17) is 16.6 Å². The Labute approximate surface area is 205 Å². The lowest BCUT2D eigenvalue weighted by atomic mass is 10.0. The Balaban J connectivity index is 1.39. The fourth-order valence-electron chi connectivity index (χ4n) is 3.95. The molecule has 8 heteroatoms. The molecule has 0 radical (unpaired) electrons. The molecule has 3 aromatic rings. The van der Waals surface area contributed by atoms with Crippen molar-refractivity contribution in [1.29, 1.82) is 0 Å². The molecule has 7 nitrogen and oxygen atoms in total. The van der Waals surface area contributed by atoms with E-state index in [0.717, 1.165) is 46.0 Å². The topological polar surface area (TPSA) is 90.7 Å². The molecule has 2 heterocycles. The van der Waals surface area contributed by atoms with Crippen LogP contribution in [0.4, 0.5) is 11.4 Å². The van der Waals surface area contributed by atoms with Crippen LogP contribution in [-0.2, 0) is 4.79 Å². The Morgan fingerprint density at radius 2 is 1.88 bits per heavy atom. The summed E-state index contributed by atoms with van der Waals surface area (Å²) in [6.07, 6.45) is 0.643. The molecule has 2 aromatic carbocycles. The minimum absolute atomic E-state index is 0.128. The number of carbonyl (C=O) groups is 1. The third-order valence-electron chi connectivity index (χ3n) is 5.56. The van der Waals surface area contributed by atoms with Gasteiger partial charge in [0.25, 0.3) is 0 Å². The lowest BCUT2D eigenvalue weighted by Crippen LogP contribution is -2.46. The average molecular weight is 478 g/mol. The van der Waals surface area contributed by atoms with Crippen molar-refractivity contribution in [2.45, 2.75) is 46.2 Å². The molecule has 178 valence electrons. The van der Waals surface area contributed by atoms with Crippen LogP contribution in [0.2, 0.25) is 0 Å². The van der Waals surface area contributed by atoms with E-state index in [0.29, 0.717) is 23.5 Å². The van der Waals surface area contributed by atoms with Crippen molar-refractivity contribution in [2.75, 3.05) is 17.2 Å². The first-order chi connectivity index (χ1) is 16.3. The Morgan fingerprint density at radius 3 is 2.56 bits per heavy atom. The number of amidine groups is 1. The van der Waals surface area contributed by atoms with E-state index in [1.807, 2.05) is 55.5 Å². The molecule has 0 fully saturated rings. The van der Waals surface area contributed by atoms with Crippen molar-refractivity contribution in [3.05, 3.63) is 59.9 Å². The van der Waals surface area contributed by atoms with Gasteiger partial charge in [-0.05, 0) is 86.9 Å². The van der Waals surface area contributed by atoms with E-state index >= 15 is 0 Å². The van der Waals surface area contributed by atoms with Gasteiger partial charge < -0.3 is 25.7 Å². The van der Waals surface area contributed by atoms with Gasteiger partial charge in [-0.3, -0.25) is 9.79 Å². The van der Waals surface area contributed by atoms with E-state index in [-0.39, 0.29) is 5.91 Å². The van der Waals surface area contributed by atoms with Crippen LogP contribution >= 0.6 is 12.2 Å². The van der Waals surface area contributed by atoms with Crippen LogP contribution in [0.25, 0.3) is 11.0 Å². The lowest BCUT2D eigenvalue weighted by molar-refractivity contribution is -0.118. The van der Waals surface area contributed by atoms with Crippen LogP contribution in [-0.4, -0.2) is 35.5 Å². The Morgan fingerprint density at radius 1 is 1.15 bits per heavy atom. The Bertz CT molecular complexity index is 1220. The second-order valence-electron chi connectivity index (χ2n) is 9.19. The quantitative estimate of drug-likeness (QED) is 0.365. The highest BCUT2D eigenvalue weighted by molar-refractivity contribution is 7.80. The number of hydrogen-bond donors (Lipinski definition) is 4. The minimum atomic E-state index is -0.471. The van der Waals surface area contributed by atoms with Gasteiger partial charge in [-0.1, -0.05) is 13.8 Å². The largest absolute Gasteiger partial charge is 0.461 e. The maximum atomic E-state index is 13.1. The van der Waals surface area contributed by atoms with Gasteiger partial charge in [0.15, 0.2) is 5.11 Å². The molecule has 0 aliphatic carbocycles. The van der Waals surface area contributed by atoms with Crippen LogP contribution < -0.4 is 21.3 Å². The minimum Gasteiger partial charge on any atom is -0.461 e. The summed E-state index contributed by atoms with van der Waals surface area (Å²) in [5.74, 6) is 1.94. The zero-order valence-electron chi connectivity index (χ0n) is 19.9. The van der Waals surface area contributed by atoms with Crippen molar-refractivity contribution >= 4 is 51.4 Å². The number of nitrogens with one attached hydrogen (secondary N) is 4. The summed E-state index contributed by atoms with van der Waals surface area (Å²) < 4.78 is 5.63. The third kappa shape index (κ3) is 5.94. The number of nitrogens with zero attached hydrogens (tertiary/aromatic N) is 1. The van der Waals surface area contributed by atoms with Crippen LogP contribution in [0.5, 0.6) is 0 Å². The highest BCUT2D eigenvalue weighted by Gasteiger charge is 2.21. The van der Waals surface area contributed by atoms with Crippen LogP contribution in [0, 0.1) is 12.8 Å². The number of hydrogen-bond acceptors (Lipinski definition) is 5. The molecular weight excluding hydrogens is 446 g/mol. The van der Waals surface area contributed by atoms with E-state index in [9.17, 15) is 4.79 Å². The SMILES string of the molecule is Cc1cc2cc(NC(=S)NC(CC(C)C)C(=O)Nc3ccc(C4=NCC(C)N4)cc3)ccc2o1. The predicted molar refractivity (Wildman–Crippen MR) is 143 cm³/mol. The van der Waals surface area contributed by atoms with Crippen LogP contribution in [0.1, 0.15) is 38.5 Å². The summed E-state index contributed by atoms with van der Waals surface area (Å²) in [5.41, 5.74) is 3.41. The molecule has 1 amide bonds.